The molecule has 0 bridgehead atoms. The summed E-state index contributed by atoms with van der Waals surface area (Å²) in [4.78, 5) is 30.8. The van der Waals surface area contributed by atoms with E-state index in [1.165, 1.54) is 18.3 Å². The Balaban J connectivity index is 1.46. The van der Waals surface area contributed by atoms with Gasteiger partial charge in [0.15, 0.2) is 11.1 Å². The number of carbonyl (C=O) groups is 2. The molecule has 0 spiro atoms. The van der Waals surface area contributed by atoms with Crippen molar-refractivity contribution in [3.63, 3.8) is 0 Å². The summed E-state index contributed by atoms with van der Waals surface area (Å²) in [5, 5.41) is 4.71. The number of nitrogens with zero attached hydrogens (tertiary/aromatic N) is 2. The summed E-state index contributed by atoms with van der Waals surface area (Å²) in [6, 6.07) is 30.9. The van der Waals surface area contributed by atoms with E-state index in [9.17, 15) is 9.59 Å². The van der Waals surface area contributed by atoms with Gasteiger partial charge in [0.05, 0.1) is 10.1 Å². The van der Waals surface area contributed by atoms with E-state index in [1.807, 2.05) is 76.8 Å². The van der Waals surface area contributed by atoms with Gasteiger partial charge >= 0.3 is 5.97 Å². The number of carbonyl (C=O) groups excluding carboxylic acids is 2. The highest BCUT2D eigenvalue weighted by atomic mass is 32.2. The Bertz CT molecular complexity index is 1440. The highest BCUT2D eigenvalue weighted by Crippen LogP contribution is 2.53. The van der Waals surface area contributed by atoms with Crippen molar-refractivity contribution in [3.8, 4) is 0 Å². The molecule has 3 heterocycles. The third-order valence-corrected chi connectivity index (χ3v) is 9.28. The van der Waals surface area contributed by atoms with Gasteiger partial charge in [-0.15, -0.1) is 23.1 Å². The summed E-state index contributed by atoms with van der Waals surface area (Å²) in [5.41, 5.74) is 3.85. The molecule has 1 saturated heterocycles. The zero-order valence-electron chi connectivity index (χ0n) is 20.6. The molecule has 3 aromatic carbocycles. The number of ether oxygens (including phenoxy) is 1. The lowest BCUT2D eigenvalue weighted by Crippen LogP contribution is -2.60. The number of thioether (sulfide) groups is 1. The van der Waals surface area contributed by atoms with Crippen LogP contribution < -0.4 is 5.32 Å². The minimum atomic E-state index is -0.800. The van der Waals surface area contributed by atoms with E-state index in [1.54, 1.807) is 11.8 Å². The maximum atomic E-state index is 13.1. The molecule has 3 atom stereocenters. The fourth-order valence-corrected chi connectivity index (χ4v) is 7.55. The molecular weight excluding hydrogens is 514 g/mol. The number of esters is 1. The van der Waals surface area contributed by atoms with Crippen LogP contribution in [-0.2, 0) is 19.1 Å². The second-order valence-electron chi connectivity index (χ2n) is 9.14. The molecule has 8 heteroatoms. The van der Waals surface area contributed by atoms with E-state index < -0.39 is 22.7 Å². The van der Waals surface area contributed by atoms with Crippen LogP contribution in [0.3, 0.4) is 0 Å². The average Bonchev–Trinajstić information content (AvgIpc) is 3.55. The zero-order chi connectivity index (χ0) is 26.1. The molecule has 1 aliphatic heterocycles. The normalized spacial score (nSPS) is 18.0. The zero-order valence-corrected chi connectivity index (χ0v) is 22.2. The van der Waals surface area contributed by atoms with E-state index in [0.717, 1.165) is 21.7 Å². The average molecular weight is 540 g/mol. The van der Waals surface area contributed by atoms with Crippen molar-refractivity contribution >= 4 is 39.9 Å². The Morgan fingerprint density at radius 3 is 2.00 bits per heavy atom. The Hall–Kier alpha value is -3.88. The molecule has 3 unspecified atom stereocenters. The quantitative estimate of drug-likeness (QED) is 0.153. The lowest BCUT2D eigenvalue weighted by atomic mass is 9.84. The monoisotopic (exact) mass is 539 g/mol. The van der Waals surface area contributed by atoms with Crippen molar-refractivity contribution in [2.24, 2.45) is 5.92 Å². The van der Waals surface area contributed by atoms with Crippen LogP contribution in [-0.4, -0.2) is 26.6 Å². The third-order valence-electron chi connectivity index (χ3n) is 6.78. The Labute approximate surface area is 228 Å². The van der Waals surface area contributed by atoms with E-state index in [4.69, 9.17) is 4.74 Å². The summed E-state index contributed by atoms with van der Waals surface area (Å²) in [6.45, 7) is 1.37. The van der Waals surface area contributed by atoms with Crippen LogP contribution in [0.15, 0.2) is 109 Å². The Morgan fingerprint density at radius 2 is 1.53 bits per heavy atom. The molecule has 6 rings (SSSR count). The highest BCUT2D eigenvalue weighted by molar-refractivity contribution is 8.01. The van der Waals surface area contributed by atoms with Crippen LogP contribution in [0.1, 0.15) is 35.4 Å². The Morgan fingerprint density at radius 1 is 0.974 bits per heavy atom. The van der Waals surface area contributed by atoms with Gasteiger partial charge < -0.3 is 10.1 Å². The maximum Gasteiger partial charge on any atom is 0.303 e. The van der Waals surface area contributed by atoms with Crippen molar-refractivity contribution < 1.29 is 14.3 Å². The number of imidazole rings is 1. The molecule has 0 aliphatic carbocycles. The second-order valence-corrected chi connectivity index (χ2v) is 11.4. The van der Waals surface area contributed by atoms with Gasteiger partial charge in [-0.25, -0.2) is 4.98 Å². The van der Waals surface area contributed by atoms with Crippen LogP contribution in [0.25, 0.3) is 4.96 Å². The molecule has 1 N–H and O–H groups in total. The first-order valence-corrected chi connectivity index (χ1v) is 14.1. The molecule has 1 amide bonds. The maximum absolute atomic E-state index is 13.1. The van der Waals surface area contributed by atoms with Gasteiger partial charge in [0.1, 0.15) is 11.6 Å². The fraction of sp³-hybridized carbons (Fsp3) is 0.167. The number of hydrogen-bond acceptors (Lipinski definition) is 6. The van der Waals surface area contributed by atoms with Crippen LogP contribution in [0.4, 0.5) is 0 Å². The molecule has 1 aliphatic rings. The molecule has 0 saturated carbocycles. The van der Waals surface area contributed by atoms with Crippen LogP contribution in [0, 0.1) is 5.92 Å². The summed E-state index contributed by atoms with van der Waals surface area (Å²) in [5.74, 6) is -1.22. The van der Waals surface area contributed by atoms with Crippen LogP contribution in [0.2, 0.25) is 0 Å². The molecule has 1 fully saturated rings. The minimum absolute atomic E-state index is 0.159. The minimum Gasteiger partial charge on any atom is -0.455 e. The molecule has 6 nitrogen and oxygen atoms in total. The first kappa shape index (κ1) is 24.5. The number of rotatable bonds is 8. The number of aromatic nitrogens is 2. The highest BCUT2D eigenvalue weighted by Gasteiger charge is 2.52. The third kappa shape index (κ3) is 4.29. The number of nitrogens with one attached hydrogen (secondary N) is 1. The van der Waals surface area contributed by atoms with Gasteiger partial charge in [-0.1, -0.05) is 91.0 Å². The van der Waals surface area contributed by atoms with Crippen molar-refractivity contribution in [3.05, 3.63) is 131 Å². The number of fused-ring (bicyclic) bond motifs is 1. The van der Waals surface area contributed by atoms with Gasteiger partial charge in [0, 0.05) is 24.7 Å². The van der Waals surface area contributed by atoms with Crippen molar-refractivity contribution in [1.82, 2.24) is 14.7 Å². The largest absolute Gasteiger partial charge is 0.455 e. The van der Waals surface area contributed by atoms with E-state index in [2.05, 4.69) is 46.7 Å². The van der Waals surface area contributed by atoms with Gasteiger partial charge in [0.25, 0.3) is 0 Å². The van der Waals surface area contributed by atoms with E-state index in [-0.39, 0.29) is 11.3 Å². The first-order valence-electron chi connectivity index (χ1n) is 12.3. The molecule has 2 aromatic heterocycles. The number of amides is 1. The fourth-order valence-electron chi connectivity index (χ4n) is 5.06. The SMILES string of the molecule is CC(=O)OC(c1cn2ccsc2n1)C1C(=O)NC1SC(c1ccccc1)(c1ccccc1)c1ccccc1. The summed E-state index contributed by atoms with van der Waals surface area (Å²) >= 11 is 3.14. The lowest BCUT2D eigenvalue weighted by molar-refractivity contribution is -0.156. The number of β-lactam (4-membered cyclic amide) rings is 1. The number of hydrogen-bond donors (Lipinski definition) is 1. The van der Waals surface area contributed by atoms with Crippen molar-refractivity contribution in [1.29, 1.82) is 0 Å². The smallest absolute Gasteiger partial charge is 0.303 e. The second kappa shape index (κ2) is 10.1. The predicted octanol–water partition coefficient (Wildman–Crippen LogP) is 5.80. The molecular formula is C30H25N3O3S2. The molecule has 5 aromatic rings. The molecule has 0 radical (unpaired) electrons. The summed E-state index contributed by atoms with van der Waals surface area (Å²) in [7, 11) is 0. The number of thiazole rings is 1. The summed E-state index contributed by atoms with van der Waals surface area (Å²) < 4.78 is 7.04. The molecule has 190 valence electrons. The topological polar surface area (TPSA) is 72.7 Å². The first-order chi connectivity index (χ1) is 18.6. The standard InChI is InChI=1S/C30H25N3O3S2/c1-20(34)36-26(24-19-33-17-18-37-29(33)31-24)25-27(35)32-28(25)38-30(21-11-5-2-6-12-21,22-13-7-3-8-14-22)23-15-9-4-10-16-23/h2-19,25-26,28H,1H3,(H,32,35). The number of benzene rings is 3. The van der Waals surface area contributed by atoms with Gasteiger partial charge in [-0.3, -0.25) is 14.0 Å². The summed E-state index contributed by atoms with van der Waals surface area (Å²) in [6.07, 6.45) is 2.94. The van der Waals surface area contributed by atoms with Gasteiger partial charge in [0.2, 0.25) is 5.91 Å². The van der Waals surface area contributed by atoms with Crippen molar-refractivity contribution in [2.75, 3.05) is 0 Å². The van der Waals surface area contributed by atoms with Crippen LogP contribution >= 0.6 is 23.1 Å². The van der Waals surface area contributed by atoms with Gasteiger partial charge in [-0.05, 0) is 16.7 Å². The Kier molecular flexibility index (Phi) is 6.51. The van der Waals surface area contributed by atoms with E-state index >= 15 is 0 Å². The van der Waals surface area contributed by atoms with Gasteiger partial charge in [-0.2, -0.15) is 0 Å². The van der Waals surface area contributed by atoms with Crippen molar-refractivity contribution in [2.45, 2.75) is 23.1 Å². The van der Waals surface area contributed by atoms with E-state index in [0.29, 0.717) is 5.69 Å². The lowest BCUT2D eigenvalue weighted by Gasteiger charge is -2.46. The van der Waals surface area contributed by atoms with Crippen LogP contribution in [0.5, 0.6) is 0 Å². The predicted molar refractivity (Wildman–Crippen MR) is 150 cm³/mol. The molecule has 38 heavy (non-hydrogen) atoms.